The first kappa shape index (κ1) is 28.0. The Labute approximate surface area is 185 Å². The highest BCUT2D eigenvalue weighted by atomic mass is 32.1. The van der Waals surface area contributed by atoms with Crippen LogP contribution in [0.25, 0.3) is 0 Å². The van der Waals surface area contributed by atoms with Crippen LogP contribution in [-0.2, 0) is 31.6 Å². The molecule has 186 valence electrons. The molecule has 2 heterocycles. The number of aromatic amines is 1. The van der Waals surface area contributed by atoms with Gasteiger partial charge in [0.15, 0.2) is 17.1 Å². The molecule has 1 aromatic heterocycles. The summed E-state index contributed by atoms with van der Waals surface area (Å²) < 4.78 is 92.5. The molecule has 1 fully saturated rings. The van der Waals surface area contributed by atoms with Gasteiger partial charge in [0.25, 0.3) is 11.4 Å². The highest BCUT2D eigenvalue weighted by molar-refractivity contribution is 7.71. The van der Waals surface area contributed by atoms with Crippen LogP contribution in [0.5, 0.6) is 0 Å². The Morgan fingerprint density at radius 1 is 1.24 bits per heavy atom. The number of hydrogen-bond acceptors (Lipinski definition) is 10. The maximum atomic E-state index is 15.2. The topological polar surface area (TPSA) is 227 Å². The van der Waals surface area contributed by atoms with E-state index in [4.69, 9.17) is 21.1 Å². The molecule has 0 spiro atoms. The fraction of sp³-hybridized carbons (Fsp3) is 0.455. The van der Waals surface area contributed by atoms with Crippen LogP contribution >= 0.6 is 35.7 Å². The number of H-pyrrole nitrogens is 1. The zero-order chi connectivity index (χ0) is 25.6. The number of nitrogens with one attached hydrogen (secondary N) is 1. The Balaban J connectivity index is 2.32. The maximum Gasteiger partial charge on any atom is 0.490 e. The first-order valence-corrected chi connectivity index (χ1v) is 12.7. The molecule has 6 N–H and O–H groups in total. The van der Waals surface area contributed by atoms with Crippen molar-refractivity contribution in [2.45, 2.75) is 23.9 Å². The summed E-state index contributed by atoms with van der Waals surface area (Å²) in [6, 6.07) is 0. The molecule has 1 aliphatic rings. The summed E-state index contributed by atoms with van der Waals surface area (Å²) in [5.74, 6) is -4.04. The lowest BCUT2D eigenvalue weighted by molar-refractivity contribution is -0.204. The number of phosphoric acid groups is 3. The molecule has 0 bridgehead atoms. The maximum absolute atomic E-state index is 15.2. The van der Waals surface area contributed by atoms with Crippen LogP contribution in [0.4, 0.5) is 13.2 Å². The number of halogens is 3. The minimum atomic E-state index is -5.97. The molecule has 0 aromatic carbocycles. The van der Waals surface area contributed by atoms with Crippen LogP contribution in [0.15, 0.2) is 11.0 Å². The number of phosphoric ester groups is 1. The molecule has 0 saturated carbocycles. The van der Waals surface area contributed by atoms with Crippen molar-refractivity contribution in [1.82, 2.24) is 9.55 Å². The van der Waals surface area contributed by atoms with Crippen LogP contribution in [0, 0.1) is 22.9 Å². The Hall–Kier alpha value is -1.22. The number of alkyl halides is 2. The van der Waals surface area contributed by atoms with Gasteiger partial charge in [0, 0.05) is 0 Å². The van der Waals surface area contributed by atoms with Gasteiger partial charge < -0.3 is 29.4 Å². The zero-order valence-electron chi connectivity index (χ0n) is 15.3. The predicted molar refractivity (Wildman–Crippen MR) is 98.3 cm³/mol. The van der Waals surface area contributed by atoms with E-state index in [1.165, 1.54) is 5.92 Å². The molecule has 1 aromatic rings. The fourth-order valence-electron chi connectivity index (χ4n) is 2.41. The van der Waals surface area contributed by atoms with E-state index >= 15 is 8.78 Å². The van der Waals surface area contributed by atoms with Crippen molar-refractivity contribution >= 4 is 35.7 Å². The smallest absolute Gasteiger partial charge is 0.383 e. The van der Waals surface area contributed by atoms with Crippen LogP contribution in [0.1, 0.15) is 6.23 Å². The second-order valence-corrected chi connectivity index (χ2v) is 10.9. The molecule has 0 amide bonds. The summed E-state index contributed by atoms with van der Waals surface area (Å²) in [7, 11) is -17.6. The van der Waals surface area contributed by atoms with Crippen molar-refractivity contribution in [3.8, 4) is 12.3 Å². The lowest BCUT2D eigenvalue weighted by atomic mass is 9.96. The zero-order valence-corrected chi connectivity index (χ0v) is 18.8. The number of ether oxygens (including phenoxy) is 1. The number of hydrogen-bond donors (Lipinski definition) is 6. The average molecular weight is 562 g/mol. The van der Waals surface area contributed by atoms with E-state index in [-0.39, 0.29) is 10.8 Å². The lowest BCUT2D eigenvalue weighted by Crippen LogP contribution is -2.47. The van der Waals surface area contributed by atoms with E-state index in [0.717, 1.165) is 0 Å². The van der Waals surface area contributed by atoms with Gasteiger partial charge in [0.2, 0.25) is 11.5 Å². The van der Waals surface area contributed by atoms with Gasteiger partial charge in [0.1, 0.15) is 6.61 Å². The monoisotopic (exact) mass is 562 g/mol. The van der Waals surface area contributed by atoms with Gasteiger partial charge in [-0.1, -0.05) is 5.92 Å². The lowest BCUT2D eigenvalue weighted by Gasteiger charge is -2.25. The van der Waals surface area contributed by atoms with Gasteiger partial charge in [-0.05, 0) is 12.2 Å². The Morgan fingerprint density at radius 2 is 1.82 bits per heavy atom. The summed E-state index contributed by atoms with van der Waals surface area (Å²) in [6.07, 6.45) is -0.282. The highest BCUT2D eigenvalue weighted by Gasteiger charge is 2.67. The largest absolute Gasteiger partial charge is 0.490 e. The molecular weight excluding hydrogens is 550 g/mol. The summed E-state index contributed by atoms with van der Waals surface area (Å²) in [5, 5.41) is 10.0. The number of nitrogens with zero attached hydrogens (tertiary/aromatic N) is 1. The summed E-state index contributed by atoms with van der Waals surface area (Å²) in [4.78, 5) is 48.3. The van der Waals surface area contributed by atoms with Crippen LogP contribution in [0.3, 0.4) is 0 Å². The number of aromatic nitrogens is 2. The third-order valence-corrected chi connectivity index (χ3v) is 7.81. The minimum absolute atomic E-state index is 0.262. The van der Waals surface area contributed by atoms with E-state index < -0.39 is 70.1 Å². The quantitative estimate of drug-likeness (QED) is 0.142. The van der Waals surface area contributed by atoms with Gasteiger partial charge in [-0.15, -0.1) is 6.42 Å². The molecule has 0 radical (unpaired) electrons. The van der Waals surface area contributed by atoms with Gasteiger partial charge in [-0.25, -0.2) is 22.5 Å². The molecule has 1 aliphatic heterocycles. The molecule has 33 heavy (non-hydrogen) atoms. The minimum Gasteiger partial charge on any atom is -0.383 e. The van der Waals surface area contributed by atoms with Crippen LogP contribution < -0.4 is 5.56 Å². The van der Waals surface area contributed by atoms with E-state index in [1.54, 1.807) is 4.98 Å². The van der Waals surface area contributed by atoms with Crippen molar-refractivity contribution in [1.29, 1.82) is 0 Å². The molecule has 0 aliphatic carbocycles. The van der Waals surface area contributed by atoms with E-state index in [0.29, 0.717) is 0 Å². The van der Waals surface area contributed by atoms with E-state index in [1.807, 2.05) is 0 Å². The fourth-order valence-corrected chi connectivity index (χ4v) is 5.69. The van der Waals surface area contributed by atoms with Crippen LogP contribution in [-0.4, -0.2) is 58.5 Å². The van der Waals surface area contributed by atoms with Gasteiger partial charge >= 0.3 is 23.5 Å². The first-order valence-electron chi connectivity index (χ1n) is 7.76. The predicted octanol–water partition coefficient (Wildman–Crippen LogP) is 0.285. The SMILES string of the molecule is C#C[C@@]1(F)C(O)[C@@](F)(COP(=O)(O)OP(=O)(O)OP(=O)(O)O)O[C@H]1n1cc(F)c(=O)[nH]c1=S. The van der Waals surface area contributed by atoms with Crippen molar-refractivity contribution < 1.29 is 69.4 Å². The number of terminal acetylenes is 1. The normalized spacial score (nSPS) is 31.5. The Kier molecular flexibility index (Phi) is 7.72. The van der Waals surface area contributed by atoms with Crippen molar-refractivity contribution in [3.05, 3.63) is 27.1 Å². The molecule has 22 heteroatoms. The second-order valence-electron chi connectivity index (χ2n) is 6.08. The molecule has 6 atom stereocenters. The Bertz CT molecular complexity index is 1240. The first-order chi connectivity index (χ1) is 14.8. The summed E-state index contributed by atoms with van der Waals surface area (Å²) in [5.41, 5.74) is -4.91. The molecule has 2 rings (SSSR count). The molecule has 1 saturated heterocycles. The van der Waals surface area contributed by atoms with Gasteiger partial charge in [-0.2, -0.15) is 13.0 Å². The molecular formula is C11H12F3N2O13P3S. The van der Waals surface area contributed by atoms with Gasteiger partial charge in [-0.3, -0.25) is 18.9 Å². The molecule has 3 unspecified atom stereocenters. The second kappa shape index (κ2) is 9.10. The van der Waals surface area contributed by atoms with Crippen molar-refractivity contribution in [2.75, 3.05) is 6.61 Å². The number of aliphatic hydroxyl groups is 1. The third-order valence-electron chi connectivity index (χ3n) is 3.71. The van der Waals surface area contributed by atoms with E-state index in [9.17, 15) is 32.9 Å². The van der Waals surface area contributed by atoms with Crippen molar-refractivity contribution in [3.63, 3.8) is 0 Å². The number of rotatable bonds is 8. The third kappa shape index (κ3) is 6.27. The average Bonchev–Trinajstić information content (AvgIpc) is 2.82. The molecule has 15 nitrogen and oxygen atoms in total. The Morgan fingerprint density at radius 3 is 2.33 bits per heavy atom. The summed E-state index contributed by atoms with van der Waals surface area (Å²) in [6.45, 7) is -1.96. The standard InChI is InChI=1S/C11H12F3N2O13P3S/c1-2-10(13)7(18)11(14,27-8(10)16-3-5(12)6(17)15-9(16)33)4-26-31(22,23)29-32(24,25)28-30(19,20)21/h1,3,7-8,18H,4H2,(H,22,23)(H,24,25)(H,15,17,33)(H2,19,20,21)/t7?,8-,10-,11-/m1/s1. The van der Waals surface area contributed by atoms with Gasteiger partial charge in [0.05, 0.1) is 6.20 Å². The van der Waals surface area contributed by atoms with Crippen molar-refractivity contribution in [2.24, 2.45) is 0 Å². The van der Waals surface area contributed by atoms with E-state index in [2.05, 4.69) is 30.1 Å². The number of aliphatic hydroxyl groups excluding tert-OH is 1. The highest BCUT2D eigenvalue weighted by Crippen LogP contribution is 2.66. The summed E-state index contributed by atoms with van der Waals surface area (Å²) >= 11 is 4.68. The van der Waals surface area contributed by atoms with Crippen LogP contribution in [0.2, 0.25) is 0 Å².